The Morgan fingerprint density at radius 2 is 1.88 bits per heavy atom. The standard InChI is InChI=1S/C19H27NO5/c1-6-12(2)23-17(21)20-16-11-15(16)13-7-9-14(10-8-13)24-18(22)25-19(3,4)5/h7-10,12,15-16H,6,11H2,1-5H3,(H,20,21)/t12?,15-,16+/m0/s1. The van der Waals surface area contributed by atoms with E-state index in [9.17, 15) is 9.59 Å². The average Bonchev–Trinajstić information content (AvgIpc) is 3.24. The van der Waals surface area contributed by atoms with Crippen molar-refractivity contribution >= 4 is 12.2 Å². The van der Waals surface area contributed by atoms with Gasteiger partial charge in [0.05, 0.1) is 0 Å². The summed E-state index contributed by atoms with van der Waals surface area (Å²) >= 11 is 0. The fourth-order valence-electron chi connectivity index (χ4n) is 2.32. The van der Waals surface area contributed by atoms with Gasteiger partial charge >= 0.3 is 12.2 Å². The Balaban J connectivity index is 1.81. The summed E-state index contributed by atoms with van der Waals surface area (Å²) in [7, 11) is 0. The number of nitrogens with one attached hydrogen (secondary N) is 1. The minimum atomic E-state index is -0.723. The second-order valence-corrected chi connectivity index (χ2v) is 7.35. The van der Waals surface area contributed by atoms with Gasteiger partial charge in [-0.1, -0.05) is 19.1 Å². The Morgan fingerprint density at radius 1 is 1.24 bits per heavy atom. The van der Waals surface area contributed by atoms with E-state index in [1.807, 2.05) is 26.0 Å². The lowest BCUT2D eigenvalue weighted by Crippen LogP contribution is -2.30. The Bertz CT molecular complexity index is 605. The number of hydrogen-bond acceptors (Lipinski definition) is 5. The van der Waals surface area contributed by atoms with Crippen molar-refractivity contribution in [2.75, 3.05) is 0 Å². The summed E-state index contributed by atoms with van der Waals surface area (Å²) in [5.41, 5.74) is 0.499. The van der Waals surface area contributed by atoms with Crippen molar-refractivity contribution in [3.8, 4) is 5.75 Å². The number of ether oxygens (including phenoxy) is 3. The molecule has 0 aromatic heterocycles. The Morgan fingerprint density at radius 3 is 2.44 bits per heavy atom. The van der Waals surface area contributed by atoms with Gasteiger partial charge in [-0.2, -0.15) is 0 Å². The van der Waals surface area contributed by atoms with Crippen LogP contribution in [-0.4, -0.2) is 30.0 Å². The van der Waals surface area contributed by atoms with E-state index in [4.69, 9.17) is 14.2 Å². The number of benzene rings is 1. The lowest BCUT2D eigenvalue weighted by Gasteiger charge is -2.18. The molecule has 1 aromatic rings. The summed E-state index contributed by atoms with van der Waals surface area (Å²) in [6.07, 6.45) is 0.495. The van der Waals surface area contributed by atoms with Crippen LogP contribution in [0.4, 0.5) is 9.59 Å². The molecule has 1 amide bonds. The van der Waals surface area contributed by atoms with Gasteiger partial charge in [-0.25, -0.2) is 9.59 Å². The van der Waals surface area contributed by atoms with E-state index in [2.05, 4.69) is 5.32 Å². The second kappa shape index (κ2) is 7.76. The predicted octanol–water partition coefficient (Wildman–Crippen LogP) is 4.38. The molecule has 2 rings (SSSR count). The smallest absolute Gasteiger partial charge is 0.447 e. The largest absolute Gasteiger partial charge is 0.514 e. The van der Waals surface area contributed by atoms with E-state index in [0.717, 1.165) is 18.4 Å². The van der Waals surface area contributed by atoms with E-state index >= 15 is 0 Å². The van der Waals surface area contributed by atoms with Crippen LogP contribution < -0.4 is 10.1 Å². The molecule has 0 spiro atoms. The van der Waals surface area contributed by atoms with Gasteiger partial charge in [-0.05, 0) is 58.2 Å². The molecule has 3 atom stereocenters. The molecule has 0 bridgehead atoms. The van der Waals surface area contributed by atoms with Gasteiger partial charge in [-0.15, -0.1) is 0 Å². The van der Waals surface area contributed by atoms with E-state index in [0.29, 0.717) is 5.75 Å². The molecule has 1 aliphatic rings. The van der Waals surface area contributed by atoms with E-state index in [1.54, 1.807) is 32.9 Å². The van der Waals surface area contributed by atoms with Crippen molar-refractivity contribution in [2.45, 2.75) is 71.1 Å². The van der Waals surface area contributed by atoms with Gasteiger partial charge < -0.3 is 19.5 Å². The molecule has 0 saturated heterocycles. The number of hydrogen-bond donors (Lipinski definition) is 1. The first-order valence-corrected chi connectivity index (χ1v) is 8.66. The lowest BCUT2D eigenvalue weighted by atomic mass is 10.1. The van der Waals surface area contributed by atoms with Crippen LogP contribution >= 0.6 is 0 Å². The SMILES string of the molecule is CCC(C)OC(=O)N[C@@H]1C[C@H]1c1ccc(OC(=O)OC(C)(C)C)cc1. The molecule has 1 N–H and O–H groups in total. The zero-order valence-corrected chi connectivity index (χ0v) is 15.5. The van der Waals surface area contributed by atoms with Crippen LogP contribution in [-0.2, 0) is 9.47 Å². The fourth-order valence-corrected chi connectivity index (χ4v) is 2.32. The number of rotatable bonds is 5. The summed E-state index contributed by atoms with van der Waals surface area (Å²) in [6, 6.07) is 7.34. The topological polar surface area (TPSA) is 73.9 Å². The van der Waals surface area contributed by atoms with Gasteiger partial charge in [-0.3, -0.25) is 0 Å². The molecule has 1 saturated carbocycles. The molecule has 1 fully saturated rings. The lowest BCUT2D eigenvalue weighted by molar-refractivity contribution is 0.0206. The van der Waals surface area contributed by atoms with Crippen LogP contribution in [0.5, 0.6) is 5.75 Å². The maximum atomic E-state index is 11.7. The van der Waals surface area contributed by atoms with Gasteiger partial charge in [0.15, 0.2) is 0 Å². The first-order valence-electron chi connectivity index (χ1n) is 8.66. The molecule has 6 nitrogen and oxygen atoms in total. The highest BCUT2D eigenvalue weighted by Crippen LogP contribution is 2.41. The van der Waals surface area contributed by atoms with E-state index < -0.39 is 11.8 Å². The quantitative estimate of drug-likeness (QED) is 0.631. The van der Waals surface area contributed by atoms with Gasteiger partial charge in [0.2, 0.25) is 0 Å². The van der Waals surface area contributed by atoms with Crippen LogP contribution in [0, 0.1) is 0 Å². The van der Waals surface area contributed by atoms with Crippen molar-refractivity contribution in [2.24, 2.45) is 0 Å². The molecule has 138 valence electrons. The minimum Gasteiger partial charge on any atom is -0.447 e. The fraction of sp³-hybridized carbons (Fsp3) is 0.579. The van der Waals surface area contributed by atoms with Crippen molar-refractivity contribution in [3.05, 3.63) is 29.8 Å². The third-order valence-electron chi connectivity index (χ3n) is 3.88. The van der Waals surface area contributed by atoms with Crippen LogP contribution in [0.15, 0.2) is 24.3 Å². The first-order chi connectivity index (χ1) is 11.7. The van der Waals surface area contributed by atoms with E-state index in [-0.39, 0.29) is 24.2 Å². The summed E-state index contributed by atoms with van der Waals surface area (Å²) in [4.78, 5) is 23.4. The predicted molar refractivity (Wildman–Crippen MR) is 93.8 cm³/mol. The molecule has 1 aromatic carbocycles. The van der Waals surface area contributed by atoms with Crippen molar-refractivity contribution in [1.82, 2.24) is 5.32 Å². The molecule has 0 aliphatic heterocycles. The Labute approximate surface area is 148 Å². The summed E-state index contributed by atoms with van der Waals surface area (Å²) < 4.78 is 15.5. The second-order valence-electron chi connectivity index (χ2n) is 7.35. The molecule has 1 aliphatic carbocycles. The van der Waals surface area contributed by atoms with Crippen molar-refractivity contribution in [1.29, 1.82) is 0 Å². The first kappa shape index (κ1) is 19.1. The zero-order valence-electron chi connectivity index (χ0n) is 15.5. The van der Waals surface area contributed by atoms with Crippen molar-refractivity contribution < 1.29 is 23.8 Å². The molecular formula is C19H27NO5. The maximum Gasteiger partial charge on any atom is 0.514 e. The zero-order chi connectivity index (χ0) is 18.6. The normalized spacial score (nSPS) is 20.4. The Kier molecular flexibility index (Phi) is 5.93. The molecule has 0 heterocycles. The molecule has 0 radical (unpaired) electrons. The molecule has 1 unspecified atom stereocenters. The minimum absolute atomic E-state index is 0.0820. The summed E-state index contributed by atoms with van der Waals surface area (Å²) in [5, 5.41) is 2.87. The monoisotopic (exact) mass is 349 g/mol. The molecule has 25 heavy (non-hydrogen) atoms. The van der Waals surface area contributed by atoms with Gasteiger partial charge in [0, 0.05) is 12.0 Å². The van der Waals surface area contributed by atoms with Crippen LogP contribution in [0.2, 0.25) is 0 Å². The summed E-state index contributed by atoms with van der Waals surface area (Å²) in [6.45, 7) is 9.18. The highest BCUT2D eigenvalue weighted by molar-refractivity contribution is 5.68. The number of amides is 1. The number of carbonyl (C=O) groups excluding carboxylic acids is 2. The molecule has 6 heteroatoms. The van der Waals surface area contributed by atoms with Crippen LogP contribution in [0.1, 0.15) is 58.9 Å². The van der Waals surface area contributed by atoms with Gasteiger partial charge in [0.1, 0.15) is 17.5 Å². The summed E-state index contributed by atoms with van der Waals surface area (Å²) in [5.74, 6) is 0.694. The highest BCUT2D eigenvalue weighted by atomic mass is 16.7. The van der Waals surface area contributed by atoms with Gasteiger partial charge in [0.25, 0.3) is 0 Å². The Hall–Kier alpha value is -2.24. The number of carbonyl (C=O) groups is 2. The third-order valence-corrected chi connectivity index (χ3v) is 3.88. The van der Waals surface area contributed by atoms with Crippen molar-refractivity contribution in [3.63, 3.8) is 0 Å². The number of alkyl carbamates (subject to hydrolysis) is 1. The van der Waals surface area contributed by atoms with Crippen LogP contribution in [0.3, 0.4) is 0 Å². The van der Waals surface area contributed by atoms with Crippen LogP contribution in [0.25, 0.3) is 0 Å². The highest BCUT2D eigenvalue weighted by Gasteiger charge is 2.40. The maximum absolute atomic E-state index is 11.7. The van der Waals surface area contributed by atoms with E-state index in [1.165, 1.54) is 0 Å². The molecular weight excluding hydrogens is 322 g/mol. The third kappa shape index (κ3) is 6.29. The average molecular weight is 349 g/mol.